The van der Waals surface area contributed by atoms with Crippen molar-refractivity contribution in [2.45, 2.75) is 12.9 Å². The Hall–Kier alpha value is -4.01. The second-order valence-electron chi connectivity index (χ2n) is 7.40. The minimum Gasteiger partial charge on any atom is -0.443 e. The lowest BCUT2D eigenvalue weighted by Gasteiger charge is -2.16. The summed E-state index contributed by atoms with van der Waals surface area (Å²) in [4.78, 5) is 36.1. The summed E-state index contributed by atoms with van der Waals surface area (Å²) in [5, 5.41) is 13.5. The fraction of sp³-hybridized carbons (Fsp3) is 0.167. The standard InChI is InChI=1S/C24H17Cl2F3N4O4/c25-16-8-6-14(7-9-16)21-17(10-30)20(26)22(24(27,28)29)33(21)13-37-19(35)12-31-18(34)11-32-23(36)15-4-2-1-3-5-15/h1-9H,11-13H2,(H,31,34)(H,32,36). The van der Waals surface area contributed by atoms with E-state index in [0.29, 0.717) is 15.2 Å². The number of nitrogens with zero attached hydrogens (tertiary/aromatic N) is 2. The van der Waals surface area contributed by atoms with Gasteiger partial charge in [-0.25, -0.2) is 0 Å². The van der Waals surface area contributed by atoms with Crippen molar-refractivity contribution in [1.29, 1.82) is 5.26 Å². The predicted molar refractivity (Wildman–Crippen MR) is 127 cm³/mol. The Morgan fingerprint density at radius 1 is 0.973 bits per heavy atom. The van der Waals surface area contributed by atoms with Gasteiger partial charge in [0.25, 0.3) is 5.91 Å². The largest absolute Gasteiger partial charge is 0.443 e. The highest BCUT2D eigenvalue weighted by atomic mass is 35.5. The molecule has 0 saturated carbocycles. The lowest BCUT2D eigenvalue weighted by atomic mass is 10.1. The van der Waals surface area contributed by atoms with Crippen molar-refractivity contribution in [3.05, 3.63) is 81.5 Å². The number of esters is 1. The quantitative estimate of drug-likeness (QED) is 0.402. The molecule has 2 amide bonds. The second-order valence-corrected chi connectivity index (χ2v) is 8.22. The number of carbonyl (C=O) groups excluding carboxylic acids is 3. The first-order chi connectivity index (χ1) is 17.5. The minimum absolute atomic E-state index is 0.178. The number of halogens is 5. The molecule has 37 heavy (non-hydrogen) atoms. The molecule has 3 rings (SSSR count). The van der Waals surface area contributed by atoms with Gasteiger partial charge in [-0.3, -0.25) is 14.4 Å². The summed E-state index contributed by atoms with van der Waals surface area (Å²) in [6.07, 6.45) is -4.98. The molecule has 8 nitrogen and oxygen atoms in total. The van der Waals surface area contributed by atoms with Crippen LogP contribution < -0.4 is 10.6 Å². The maximum absolute atomic E-state index is 13.8. The van der Waals surface area contributed by atoms with Crippen LogP contribution in [0.25, 0.3) is 11.3 Å². The van der Waals surface area contributed by atoms with E-state index in [-0.39, 0.29) is 11.3 Å². The SMILES string of the molecule is N#Cc1c(Cl)c(C(F)(F)F)n(COC(=O)CNC(=O)CNC(=O)c2ccccc2)c1-c1ccc(Cl)cc1. The summed E-state index contributed by atoms with van der Waals surface area (Å²) >= 11 is 11.8. The summed E-state index contributed by atoms with van der Waals surface area (Å²) in [5.41, 5.74) is -1.56. The molecule has 0 spiro atoms. The molecule has 192 valence electrons. The van der Waals surface area contributed by atoms with Gasteiger partial charge in [0.15, 0.2) is 6.73 Å². The Kier molecular flexibility index (Phi) is 8.81. The maximum Gasteiger partial charge on any atom is 0.433 e. The van der Waals surface area contributed by atoms with Crippen LogP contribution >= 0.6 is 23.2 Å². The predicted octanol–water partition coefficient (Wildman–Crippen LogP) is 4.40. The van der Waals surface area contributed by atoms with E-state index < -0.39 is 60.1 Å². The third kappa shape index (κ3) is 6.81. The van der Waals surface area contributed by atoms with Crippen molar-refractivity contribution < 1.29 is 32.3 Å². The van der Waals surface area contributed by atoms with Gasteiger partial charge in [-0.05, 0) is 29.8 Å². The molecule has 1 aromatic heterocycles. The Labute approximate surface area is 218 Å². The Bertz CT molecular complexity index is 1350. The number of hydrogen-bond acceptors (Lipinski definition) is 5. The van der Waals surface area contributed by atoms with Crippen LogP contribution in [0.2, 0.25) is 10.0 Å². The molecule has 1 heterocycles. The second kappa shape index (κ2) is 11.8. The average molecular weight is 553 g/mol. The van der Waals surface area contributed by atoms with Crippen LogP contribution in [0.3, 0.4) is 0 Å². The van der Waals surface area contributed by atoms with Crippen LogP contribution in [0, 0.1) is 11.3 Å². The fourth-order valence-corrected chi connectivity index (χ4v) is 3.74. The number of ether oxygens (including phenoxy) is 1. The van der Waals surface area contributed by atoms with E-state index in [0.717, 1.165) is 0 Å². The van der Waals surface area contributed by atoms with E-state index in [9.17, 15) is 32.8 Å². The summed E-state index contributed by atoms with van der Waals surface area (Å²) in [5.74, 6) is -2.30. The van der Waals surface area contributed by atoms with Crippen LogP contribution in [0.4, 0.5) is 13.2 Å². The normalized spacial score (nSPS) is 10.9. The van der Waals surface area contributed by atoms with Crippen LogP contribution in [-0.4, -0.2) is 35.4 Å². The molecule has 0 bridgehead atoms. The van der Waals surface area contributed by atoms with Crippen molar-refractivity contribution >= 4 is 41.0 Å². The van der Waals surface area contributed by atoms with Gasteiger partial charge in [0, 0.05) is 10.6 Å². The van der Waals surface area contributed by atoms with Crippen LogP contribution in [-0.2, 0) is 27.2 Å². The van der Waals surface area contributed by atoms with Crippen LogP contribution in [0.5, 0.6) is 0 Å². The molecule has 0 aliphatic heterocycles. The number of aromatic nitrogens is 1. The van der Waals surface area contributed by atoms with E-state index in [2.05, 4.69) is 10.6 Å². The van der Waals surface area contributed by atoms with Crippen molar-refractivity contribution in [2.75, 3.05) is 13.1 Å². The van der Waals surface area contributed by atoms with Crippen molar-refractivity contribution in [1.82, 2.24) is 15.2 Å². The number of rotatable bonds is 8. The van der Waals surface area contributed by atoms with Gasteiger partial charge in [0.1, 0.15) is 18.3 Å². The molecule has 0 aliphatic carbocycles. The molecule has 0 unspecified atom stereocenters. The highest BCUT2D eigenvalue weighted by Gasteiger charge is 2.41. The fourth-order valence-electron chi connectivity index (χ4n) is 3.28. The zero-order valence-corrected chi connectivity index (χ0v) is 20.2. The van der Waals surface area contributed by atoms with Gasteiger partial charge in [-0.15, -0.1) is 0 Å². The smallest absolute Gasteiger partial charge is 0.433 e. The molecule has 0 aliphatic rings. The summed E-state index contributed by atoms with van der Waals surface area (Å²) in [6.45, 7) is -2.08. The van der Waals surface area contributed by atoms with E-state index in [4.69, 9.17) is 27.9 Å². The minimum atomic E-state index is -4.98. The van der Waals surface area contributed by atoms with E-state index >= 15 is 0 Å². The van der Waals surface area contributed by atoms with Gasteiger partial charge in [-0.1, -0.05) is 53.5 Å². The van der Waals surface area contributed by atoms with E-state index in [1.54, 1.807) is 36.4 Å². The number of hydrogen-bond donors (Lipinski definition) is 2. The van der Waals surface area contributed by atoms with Crippen LogP contribution in [0.15, 0.2) is 54.6 Å². The number of nitrogens with one attached hydrogen (secondary N) is 2. The molecular weight excluding hydrogens is 536 g/mol. The van der Waals surface area contributed by atoms with Crippen molar-refractivity contribution in [3.8, 4) is 17.3 Å². The maximum atomic E-state index is 13.8. The number of amides is 2. The summed E-state index contributed by atoms with van der Waals surface area (Å²) in [7, 11) is 0. The van der Waals surface area contributed by atoms with Gasteiger partial charge in [0.05, 0.1) is 22.8 Å². The summed E-state index contributed by atoms with van der Waals surface area (Å²) < 4.78 is 46.9. The number of benzene rings is 2. The Balaban J connectivity index is 1.69. The molecule has 0 atom stereocenters. The zero-order valence-electron chi connectivity index (χ0n) is 18.7. The molecule has 2 aromatic carbocycles. The van der Waals surface area contributed by atoms with Gasteiger partial charge >= 0.3 is 12.1 Å². The van der Waals surface area contributed by atoms with Gasteiger partial charge in [0.2, 0.25) is 5.91 Å². The number of carbonyl (C=O) groups is 3. The number of alkyl halides is 3. The van der Waals surface area contributed by atoms with Gasteiger partial charge < -0.3 is 19.9 Å². The average Bonchev–Trinajstić information content (AvgIpc) is 3.17. The first-order valence-corrected chi connectivity index (χ1v) is 11.2. The highest BCUT2D eigenvalue weighted by molar-refractivity contribution is 6.33. The topological polar surface area (TPSA) is 113 Å². The molecule has 0 radical (unpaired) electrons. The lowest BCUT2D eigenvalue weighted by molar-refractivity contribution is -0.154. The number of nitriles is 1. The molecule has 2 N–H and O–H groups in total. The third-order valence-corrected chi connectivity index (χ3v) is 5.55. The van der Waals surface area contributed by atoms with Crippen molar-refractivity contribution in [3.63, 3.8) is 0 Å². The van der Waals surface area contributed by atoms with E-state index in [1.807, 2.05) is 0 Å². The summed E-state index contributed by atoms with van der Waals surface area (Å²) in [6, 6.07) is 15.3. The molecule has 3 aromatic rings. The first-order valence-electron chi connectivity index (χ1n) is 10.4. The molecular formula is C24H17Cl2F3N4O4. The monoisotopic (exact) mass is 552 g/mol. The zero-order chi connectivity index (χ0) is 27.2. The van der Waals surface area contributed by atoms with Gasteiger partial charge in [-0.2, -0.15) is 18.4 Å². The molecule has 0 saturated heterocycles. The highest BCUT2D eigenvalue weighted by Crippen LogP contribution is 2.43. The van der Waals surface area contributed by atoms with E-state index in [1.165, 1.54) is 24.3 Å². The Morgan fingerprint density at radius 3 is 2.22 bits per heavy atom. The van der Waals surface area contributed by atoms with Crippen LogP contribution in [0.1, 0.15) is 21.6 Å². The van der Waals surface area contributed by atoms with Crippen molar-refractivity contribution in [2.24, 2.45) is 0 Å². The Morgan fingerprint density at radius 2 is 1.62 bits per heavy atom. The first kappa shape index (κ1) is 27.6. The lowest BCUT2D eigenvalue weighted by Crippen LogP contribution is -2.39. The third-order valence-electron chi connectivity index (χ3n) is 4.93. The molecule has 0 fully saturated rings. The molecule has 13 heteroatoms.